The van der Waals surface area contributed by atoms with E-state index in [2.05, 4.69) is 193 Å². The Morgan fingerprint density at radius 1 is 0.308 bits per heavy atom. The van der Waals surface area contributed by atoms with Crippen molar-refractivity contribution in [3.8, 4) is 33.4 Å². The molecule has 1 heterocycles. The van der Waals surface area contributed by atoms with Crippen molar-refractivity contribution in [3.63, 3.8) is 0 Å². The van der Waals surface area contributed by atoms with E-state index in [1.54, 1.807) is 0 Å². The molecule has 10 rings (SSSR count). The quantitative estimate of drug-likeness (QED) is 0.176. The van der Waals surface area contributed by atoms with Gasteiger partial charge in [-0.25, -0.2) is 0 Å². The van der Waals surface area contributed by atoms with E-state index in [1.807, 2.05) is 12.1 Å². The van der Waals surface area contributed by atoms with Gasteiger partial charge in [-0.1, -0.05) is 152 Å². The molecule has 0 atom stereocenters. The van der Waals surface area contributed by atoms with Gasteiger partial charge in [-0.15, -0.1) is 0 Å². The number of hydrogen-bond donors (Lipinski definition) is 0. The highest BCUT2D eigenvalue weighted by Gasteiger charge is 2.19. The second-order valence-electron chi connectivity index (χ2n) is 13.3. The average Bonchev–Trinajstić information content (AvgIpc) is 3.59. The van der Waals surface area contributed by atoms with Crippen LogP contribution in [0.5, 0.6) is 0 Å². The summed E-state index contributed by atoms with van der Waals surface area (Å²) in [4.78, 5) is 2.39. The minimum atomic E-state index is 0.887. The van der Waals surface area contributed by atoms with Crippen LogP contribution >= 0.6 is 0 Å². The zero-order valence-electron chi connectivity index (χ0n) is 28.4. The molecular formula is C50H33NO. The first-order valence-electron chi connectivity index (χ1n) is 17.8. The molecule has 0 bridgehead atoms. The van der Waals surface area contributed by atoms with Crippen molar-refractivity contribution in [1.29, 1.82) is 0 Å². The first-order chi connectivity index (χ1) is 25.8. The van der Waals surface area contributed by atoms with E-state index in [1.165, 1.54) is 43.8 Å². The lowest BCUT2D eigenvalue weighted by Crippen LogP contribution is -2.11. The van der Waals surface area contributed by atoms with Crippen molar-refractivity contribution < 1.29 is 4.42 Å². The lowest BCUT2D eigenvalue weighted by molar-refractivity contribution is 0.669. The van der Waals surface area contributed by atoms with E-state index in [0.29, 0.717) is 0 Å². The number of anilines is 3. The fraction of sp³-hybridized carbons (Fsp3) is 0. The smallest absolute Gasteiger partial charge is 0.136 e. The maximum atomic E-state index is 6.36. The zero-order chi connectivity index (χ0) is 34.4. The van der Waals surface area contributed by atoms with Gasteiger partial charge < -0.3 is 9.32 Å². The highest BCUT2D eigenvalue weighted by molar-refractivity contribution is 6.06. The number of fused-ring (bicyclic) bond motifs is 5. The summed E-state index contributed by atoms with van der Waals surface area (Å²) in [6.45, 7) is 0. The number of hydrogen-bond acceptors (Lipinski definition) is 2. The first kappa shape index (κ1) is 30.0. The minimum absolute atomic E-state index is 0.887. The summed E-state index contributed by atoms with van der Waals surface area (Å²) in [5.41, 5.74) is 12.1. The Labute approximate surface area is 302 Å². The van der Waals surface area contributed by atoms with Gasteiger partial charge in [-0.2, -0.15) is 0 Å². The third kappa shape index (κ3) is 5.12. The summed E-state index contributed by atoms with van der Waals surface area (Å²) in [5.74, 6) is 0. The Morgan fingerprint density at radius 3 is 1.62 bits per heavy atom. The molecule has 0 radical (unpaired) electrons. The Kier molecular flexibility index (Phi) is 7.18. The van der Waals surface area contributed by atoms with Gasteiger partial charge in [0, 0.05) is 27.7 Å². The standard InChI is InChI=1S/C50H33NO/c1-3-18-41-34(12-1)14-10-22-43(41)36-26-29-39(30-27-36)51(40-17-9-16-37(32-40)44-23-11-15-35-13-2-4-19-42(35)44)48-24-7-5-20-45(48)38-28-31-47-46-21-6-8-25-49(46)52-50(47)33-38/h1-33H. The van der Waals surface area contributed by atoms with Crippen LogP contribution in [0.3, 0.4) is 0 Å². The van der Waals surface area contributed by atoms with Crippen LogP contribution in [0.1, 0.15) is 0 Å². The third-order valence-corrected chi connectivity index (χ3v) is 10.3. The second kappa shape index (κ2) is 12.5. The highest BCUT2D eigenvalue weighted by atomic mass is 16.3. The van der Waals surface area contributed by atoms with Gasteiger partial charge in [-0.05, 0) is 97.9 Å². The molecule has 52 heavy (non-hydrogen) atoms. The van der Waals surface area contributed by atoms with Crippen LogP contribution in [-0.4, -0.2) is 0 Å². The van der Waals surface area contributed by atoms with E-state index in [0.717, 1.165) is 50.1 Å². The number of nitrogens with zero attached hydrogens (tertiary/aromatic N) is 1. The molecule has 0 aliphatic heterocycles. The van der Waals surface area contributed by atoms with Crippen molar-refractivity contribution in [2.24, 2.45) is 0 Å². The van der Waals surface area contributed by atoms with Crippen LogP contribution in [-0.2, 0) is 0 Å². The molecule has 9 aromatic carbocycles. The SMILES string of the molecule is c1cc(-c2cccc3ccccc23)cc(N(c2ccc(-c3cccc4ccccc34)cc2)c2ccccc2-c2ccc3c(c2)oc2ccccc23)c1. The van der Waals surface area contributed by atoms with Crippen LogP contribution < -0.4 is 4.90 Å². The molecule has 2 nitrogen and oxygen atoms in total. The lowest BCUT2D eigenvalue weighted by atomic mass is 9.96. The Hall–Kier alpha value is -6.90. The predicted molar refractivity (Wildman–Crippen MR) is 220 cm³/mol. The van der Waals surface area contributed by atoms with Gasteiger partial charge in [0.2, 0.25) is 0 Å². The molecule has 0 saturated carbocycles. The maximum Gasteiger partial charge on any atom is 0.136 e. The molecule has 0 aliphatic rings. The molecule has 0 unspecified atom stereocenters. The van der Waals surface area contributed by atoms with Crippen LogP contribution in [0.15, 0.2) is 205 Å². The topological polar surface area (TPSA) is 16.4 Å². The normalized spacial score (nSPS) is 11.5. The molecular weight excluding hydrogens is 631 g/mol. The Morgan fingerprint density at radius 2 is 0.846 bits per heavy atom. The summed E-state index contributed by atoms with van der Waals surface area (Å²) in [7, 11) is 0. The first-order valence-corrected chi connectivity index (χ1v) is 17.8. The van der Waals surface area contributed by atoms with Gasteiger partial charge in [0.05, 0.1) is 5.69 Å². The molecule has 0 fully saturated rings. The largest absolute Gasteiger partial charge is 0.456 e. The van der Waals surface area contributed by atoms with Crippen molar-refractivity contribution in [2.45, 2.75) is 0 Å². The number of benzene rings is 9. The summed E-state index contributed by atoms with van der Waals surface area (Å²) in [5, 5.41) is 7.23. The van der Waals surface area contributed by atoms with Crippen LogP contribution in [0.4, 0.5) is 17.1 Å². The van der Waals surface area contributed by atoms with Crippen LogP contribution in [0.2, 0.25) is 0 Å². The molecule has 0 aliphatic carbocycles. The van der Waals surface area contributed by atoms with Crippen molar-refractivity contribution in [3.05, 3.63) is 200 Å². The van der Waals surface area contributed by atoms with Gasteiger partial charge in [0.1, 0.15) is 11.2 Å². The molecule has 0 amide bonds. The molecule has 0 saturated heterocycles. The molecule has 10 aromatic rings. The fourth-order valence-electron chi connectivity index (χ4n) is 7.79. The molecule has 0 spiro atoms. The van der Waals surface area contributed by atoms with Crippen LogP contribution in [0.25, 0.3) is 76.9 Å². The summed E-state index contributed by atoms with van der Waals surface area (Å²) >= 11 is 0. The average molecular weight is 664 g/mol. The van der Waals surface area contributed by atoms with E-state index in [9.17, 15) is 0 Å². The minimum Gasteiger partial charge on any atom is -0.456 e. The van der Waals surface area contributed by atoms with Gasteiger partial charge in [0.15, 0.2) is 0 Å². The van der Waals surface area contributed by atoms with Gasteiger partial charge in [0.25, 0.3) is 0 Å². The Balaban J connectivity index is 1.15. The van der Waals surface area contributed by atoms with E-state index < -0.39 is 0 Å². The van der Waals surface area contributed by atoms with Crippen LogP contribution in [0, 0.1) is 0 Å². The zero-order valence-corrected chi connectivity index (χ0v) is 28.4. The third-order valence-electron chi connectivity index (χ3n) is 10.3. The van der Waals surface area contributed by atoms with Crippen molar-refractivity contribution >= 4 is 60.5 Å². The second-order valence-corrected chi connectivity index (χ2v) is 13.3. The van der Waals surface area contributed by atoms with Gasteiger partial charge >= 0.3 is 0 Å². The number of rotatable bonds is 6. The highest BCUT2D eigenvalue weighted by Crippen LogP contribution is 2.44. The maximum absolute atomic E-state index is 6.36. The summed E-state index contributed by atoms with van der Waals surface area (Å²) in [6.07, 6.45) is 0. The molecule has 2 heteroatoms. The summed E-state index contributed by atoms with van der Waals surface area (Å²) < 4.78 is 6.36. The van der Waals surface area contributed by atoms with E-state index >= 15 is 0 Å². The number of para-hydroxylation sites is 2. The van der Waals surface area contributed by atoms with Gasteiger partial charge in [-0.3, -0.25) is 0 Å². The Bertz CT molecular complexity index is 2910. The molecule has 1 aromatic heterocycles. The summed E-state index contributed by atoms with van der Waals surface area (Å²) in [6, 6.07) is 71.8. The van der Waals surface area contributed by atoms with E-state index in [4.69, 9.17) is 4.42 Å². The lowest BCUT2D eigenvalue weighted by Gasteiger charge is -2.28. The fourth-order valence-corrected chi connectivity index (χ4v) is 7.79. The van der Waals surface area contributed by atoms with Crippen molar-refractivity contribution in [2.75, 3.05) is 4.90 Å². The van der Waals surface area contributed by atoms with Crippen molar-refractivity contribution in [1.82, 2.24) is 0 Å². The van der Waals surface area contributed by atoms with E-state index in [-0.39, 0.29) is 0 Å². The molecule has 244 valence electrons. The predicted octanol–water partition coefficient (Wildman–Crippen LogP) is 14.4. The molecule has 0 N–H and O–H groups in total. The monoisotopic (exact) mass is 663 g/mol. The number of furan rings is 1.